The number of β-amino-alcohol motifs (C(OH)–C–C–N with tert-alkyl or cyclic N) is 1. The largest absolute Gasteiger partial charge is 0.394 e. The van der Waals surface area contributed by atoms with Crippen LogP contribution in [0.2, 0.25) is 0 Å². The predicted octanol–water partition coefficient (Wildman–Crippen LogP) is 1.16. The topological polar surface area (TPSA) is 186 Å². The van der Waals surface area contributed by atoms with Crippen LogP contribution in [0.5, 0.6) is 0 Å². The maximum Gasteiger partial charge on any atom is 0.254 e. The van der Waals surface area contributed by atoms with Crippen molar-refractivity contribution in [2.24, 2.45) is 0 Å². The van der Waals surface area contributed by atoms with Crippen LogP contribution in [0, 0.1) is 0 Å². The summed E-state index contributed by atoms with van der Waals surface area (Å²) in [6.07, 6.45) is 8.49. The van der Waals surface area contributed by atoms with E-state index >= 15 is 0 Å². The second kappa shape index (κ2) is 11.2. The zero-order valence-corrected chi connectivity index (χ0v) is 23.3. The van der Waals surface area contributed by atoms with Gasteiger partial charge in [0, 0.05) is 44.4 Å². The SMILES string of the molecule is Nc1nc(-n2cccn2)nc(N2CC(O)C2)c1Br.Nc1nc(-n2cccn2)nc(N2CCC[C@H]2CO)c1Br. The molecule has 6 N–H and O–H groups in total. The molecule has 0 spiro atoms. The summed E-state index contributed by atoms with van der Waals surface area (Å²) in [6.45, 7) is 2.05. The quantitative estimate of drug-likeness (QED) is 0.242. The van der Waals surface area contributed by atoms with Gasteiger partial charge in [-0.25, -0.2) is 9.36 Å². The summed E-state index contributed by atoms with van der Waals surface area (Å²) in [4.78, 5) is 21.3. The number of nitrogens with zero attached hydrogens (tertiary/aromatic N) is 10. The molecular weight excluding hydrogens is 624 g/mol. The summed E-state index contributed by atoms with van der Waals surface area (Å²) < 4.78 is 4.41. The fourth-order valence-corrected chi connectivity index (χ4v) is 5.03. The van der Waals surface area contributed by atoms with Gasteiger partial charge in [0.25, 0.3) is 11.9 Å². The molecule has 0 radical (unpaired) electrons. The van der Waals surface area contributed by atoms with Crippen molar-refractivity contribution in [3.63, 3.8) is 0 Å². The second-order valence-corrected chi connectivity index (χ2v) is 10.3. The Morgan fingerprint density at radius 3 is 1.92 bits per heavy atom. The van der Waals surface area contributed by atoms with Crippen LogP contribution in [0.25, 0.3) is 11.9 Å². The van der Waals surface area contributed by atoms with Crippen molar-refractivity contribution in [2.75, 3.05) is 47.5 Å². The van der Waals surface area contributed by atoms with Crippen molar-refractivity contribution in [2.45, 2.75) is 25.0 Å². The molecule has 6 heterocycles. The van der Waals surface area contributed by atoms with Gasteiger partial charge in [0.2, 0.25) is 0 Å². The number of nitrogen functional groups attached to an aromatic ring is 2. The highest BCUT2D eigenvalue weighted by Gasteiger charge is 2.29. The van der Waals surface area contributed by atoms with Gasteiger partial charge in [-0.3, -0.25) is 0 Å². The van der Waals surface area contributed by atoms with Crippen molar-refractivity contribution in [3.05, 3.63) is 45.9 Å². The third kappa shape index (κ3) is 5.29. The molecule has 16 heteroatoms. The molecule has 14 nitrogen and oxygen atoms in total. The molecule has 38 heavy (non-hydrogen) atoms. The molecule has 6 rings (SSSR count). The van der Waals surface area contributed by atoms with Gasteiger partial charge in [0.1, 0.15) is 20.6 Å². The first-order valence-electron chi connectivity index (χ1n) is 11.8. The van der Waals surface area contributed by atoms with Gasteiger partial charge in [0.05, 0.1) is 18.8 Å². The normalized spacial score (nSPS) is 17.3. The minimum absolute atomic E-state index is 0.0751. The van der Waals surface area contributed by atoms with Gasteiger partial charge in [-0.2, -0.15) is 30.1 Å². The van der Waals surface area contributed by atoms with Crippen molar-refractivity contribution in [1.29, 1.82) is 0 Å². The average molecular weight is 650 g/mol. The summed E-state index contributed by atoms with van der Waals surface area (Å²) in [5, 5.41) is 27.0. The number of halogens is 2. The van der Waals surface area contributed by atoms with Crippen LogP contribution >= 0.6 is 31.9 Å². The molecule has 0 saturated carbocycles. The van der Waals surface area contributed by atoms with Crippen molar-refractivity contribution in [1.82, 2.24) is 39.5 Å². The van der Waals surface area contributed by atoms with E-state index in [0.717, 1.165) is 19.4 Å². The third-order valence-corrected chi connectivity index (χ3v) is 7.66. The van der Waals surface area contributed by atoms with Gasteiger partial charge in [-0.1, -0.05) is 0 Å². The molecule has 4 aromatic rings. The zero-order chi connectivity index (χ0) is 26.8. The Labute approximate surface area is 234 Å². The summed E-state index contributed by atoms with van der Waals surface area (Å²) in [5.74, 6) is 2.94. The van der Waals surface area contributed by atoms with E-state index < -0.39 is 0 Å². The number of anilines is 4. The van der Waals surface area contributed by atoms with E-state index in [-0.39, 0.29) is 18.8 Å². The van der Waals surface area contributed by atoms with E-state index in [1.165, 1.54) is 0 Å². The summed E-state index contributed by atoms with van der Waals surface area (Å²) in [5.41, 5.74) is 11.8. The van der Waals surface area contributed by atoms with Crippen molar-refractivity contribution < 1.29 is 10.2 Å². The number of hydrogen-bond donors (Lipinski definition) is 4. The highest BCUT2D eigenvalue weighted by molar-refractivity contribution is 9.11. The van der Waals surface area contributed by atoms with Gasteiger partial charge in [-0.05, 0) is 56.8 Å². The molecule has 0 unspecified atom stereocenters. The second-order valence-electron chi connectivity index (χ2n) is 8.72. The Hall–Kier alpha value is -3.34. The lowest BCUT2D eigenvalue weighted by Crippen LogP contribution is -2.51. The van der Waals surface area contributed by atoms with E-state index in [0.29, 0.717) is 57.2 Å². The van der Waals surface area contributed by atoms with Gasteiger partial charge in [-0.15, -0.1) is 0 Å². The highest BCUT2D eigenvalue weighted by atomic mass is 79.9. The molecular formula is C22H26Br2N12O2. The van der Waals surface area contributed by atoms with Crippen molar-refractivity contribution >= 4 is 55.1 Å². The van der Waals surface area contributed by atoms with E-state index in [4.69, 9.17) is 11.5 Å². The molecule has 2 fully saturated rings. The van der Waals surface area contributed by atoms with Crippen LogP contribution in [-0.4, -0.2) is 88.1 Å². The van der Waals surface area contributed by atoms with Crippen LogP contribution in [0.4, 0.5) is 23.3 Å². The van der Waals surface area contributed by atoms with E-state index in [1.54, 1.807) is 46.3 Å². The lowest BCUT2D eigenvalue weighted by Gasteiger charge is -2.37. The number of hydrogen-bond acceptors (Lipinski definition) is 12. The summed E-state index contributed by atoms with van der Waals surface area (Å²) in [6, 6.07) is 3.66. The Morgan fingerprint density at radius 1 is 0.868 bits per heavy atom. The molecule has 4 aromatic heterocycles. The average Bonchev–Trinajstić information content (AvgIpc) is 3.68. The number of nitrogens with two attached hydrogens (primary N) is 2. The standard InChI is InChI=1S/C12H15BrN6O.C10H11BrN6O/c13-9-10(14)16-12(19-6-2-4-15-19)17-11(9)18-5-1-3-8(18)7-20;11-7-8(12)14-10(17-3-1-2-13-17)15-9(7)16-4-6(18)5-16/h2,4,6,8,20H,1,3,5,7H2,(H2,14,16,17);1-3,6,18H,4-5H2,(H2,12,14,15)/t8-;/m0./s1. The molecule has 0 aliphatic carbocycles. The van der Waals surface area contributed by atoms with Crippen LogP contribution in [0.1, 0.15) is 12.8 Å². The zero-order valence-electron chi connectivity index (χ0n) is 20.1. The molecule has 1 atom stereocenters. The number of aliphatic hydroxyl groups is 2. The highest BCUT2D eigenvalue weighted by Crippen LogP contribution is 2.34. The molecule has 0 aromatic carbocycles. The molecule has 200 valence electrons. The minimum atomic E-state index is -0.304. The number of rotatable bonds is 5. The first-order chi connectivity index (χ1) is 18.4. The molecule has 0 amide bonds. The van der Waals surface area contributed by atoms with Crippen LogP contribution in [0.3, 0.4) is 0 Å². The van der Waals surface area contributed by atoms with Gasteiger partial charge >= 0.3 is 0 Å². The smallest absolute Gasteiger partial charge is 0.254 e. The lowest BCUT2D eigenvalue weighted by molar-refractivity contribution is 0.141. The Morgan fingerprint density at radius 2 is 1.42 bits per heavy atom. The third-order valence-electron chi connectivity index (χ3n) is 6.14. The minimum Gasteiger partial charge on any atom is -0.394 e. The number of aliphatic hydroxyl groups excluding tert-OH is 2. The molecule has 2 aliphatic rings. The maximum absolute atomic E-state index is 9.46. The van der Waals surface area contributed by atoms with E-state index in [9.17, 15) is 10.2 Å². The lowest BCUT2D eigenvalue weighted by atomic mass is 10.2. The van der Waals surface area contributed by atoms with Crippen LogP contribution < -0.4 is 21.3 Å². The van der Waals surface area contributed by atoms with E-state index in [2.05, 4.69) is 66.9 Å². The van der Waals surface area contributed by atoms with Gasteiger partial charge in [0.15, 0.2) is 11.6 Å². The molecule has 2 saturated heterocycles. The van der Waals surface area contributed by atoms with Crippen LogP contribution in [-0.2, 0) is 0 Å². The first-order valence-corrected chi connectivity index (χ1v) is 13.4. The molecule has 2 aliphatic heterocycles. The first kappa shape index (κ1) is 26.3. The molecule has 0 bridgehead atoms. The van der Waals surface area contributed by atoms with Crippen molar-refractivity contribution in [3.8, 4) is 11.9 Å². The number of aromatic nitrogens is 8. The monoisotopic (exact) mass is 648 g/mol. The predicted molar refractivity (Wildman–Crippen MR) is 148 cm³/mol. The van der Waals surface area contributed by atoms with E-state index in [1.807, 2.05) is 4.90 Å². The fourth-order valence-electron chi connectivity index (χ4n) is 4.19. The van der Waals surface area contributed by atoms with Gasteiger partial charge < -0.3 is 31.5 Å². The Balaban J connectivity index is 0.000000156. The Bertz CT molecular complexity index is 1380. The summed E-state index contributed by atoms with van der Waals surface area (Å²) in [7, 11) is 0. The Kier molecular flexibility index (Phi) is 7.73. The maximum atomic E-state index is 9.46. The summed E-state index contributed by atoms with van der Waals surface area (Å²) >= 11 is 6.81. The van der Waals surface area contributed by atoms with Crippen LogP contribution in [0.15, 0.2) is 45.9 Å². The fraction of sp³-hybridized carbons (Fsp3) is 0.364.